The molecule has 0 saturated heterocycles. The fraction of sp³-hybridized carbons (Fsp3) is 0.471. The highest BCUT2D eigenvalue weighted by molar-refractivity contribution is 5.96. The number of hydrogen-bond donors (Lipinski definition) is 0. The maximum Gasteiger partial charge on any atom is 0.230 e. The number of halogens is 3. The summed E-state index contributed by atoms with van der Waals surface area (Å²) < 4.78 is 43.5. The molecule has 0 radical (unpaired) electrons. The summed E-state index contributed by atoms with van der Waals surface area (Å²) in [7, 11) is 1.77. The van der Waals surface area contributed by atoms with Crippen LogP contribution in [-0.2, 0) is 31.1 Å². The van der Waals surface area contributed by atoms with Gasteiger partial charge >= 0.3 is 0 Å². The highest BCUT2D eigenvalue weighted by Gasteiger charge is 2.35. The van der Waals surface area contributed by atoms with E-state index in [2.05, 4.69) is 10.3 Å². The van der Waals surface area contributed by atoms with Gasteiger partial charge in [0.2, 0.25) is 5.91 Å². The van der Waals surface area contributed by atoms with Crippen LogP contribution in [0.15, 0.2) is 6.07 Å². The molecule has 2 aromatic rings. The lowest BCUT2D eigenvalue weighted by Crippen LogP contribution is -2.42. The summed E-state index contributed by atoms with van der Waals surface area (Å²) in [6, 6.07) is 0.518. The van der Waals surface area contributed by atoms with Crippen LogP contribution in [0.1, 0.15) is 29.8 Å². The van der Waals surface area contributed by atoms with E-state index < -0.39 is 17.5 Å². The Morgan fingerprint density at radius 2 is 2.04 bits per heavy atom. The smallest absolute Gasteiger partial charge is 0.230 e. The summed E-state index contributed by atoms with van der Waals surface area (Å²) in [5, 5.41) is 8.04. The van der Waals surface area contributed by atoms with Crippen LogP contribution in [0.25, 0.3) is 0 Å². The first-order valence-corrected chi connectivity index (χ1v) is 8.32. The molecule has 1 atom stereocenters. The van der Waals surface area contributed by atoms with Crippen molar-refractivity contribution in [2.45, 2.75) is 32.1 Å². The molecule has 132 valence electrons. The van der Waals surface area contributed by atoms with E-state index in [-0.39, 0.29) is 29.5 Å². The number of amides is 1. The Kier molecular flexibility index (Phi) is 3.77. The summed E-state index contributed by atoms with van der Waals surface area (Å²) in [4.78, 5) is 14.3. The molecule has 0 unspecified atom stereocenters. The number of aromatic nitrogens is 3. The number of hydrogen-bond acceptors (Lipinski definition) is 3. The summed E-state index contributed by atoms with van der Waals surface area (Å²) in [5.74, 6) is -3.76. The van der Waals surface area contributed by atoms with E-state index in [1.165, 1.54) is 4.90 Å². The van der Waals surface area contributed by atoms with Crippen LogP contribution < -0.4 is 4.90 Å². The number of rotatable bonds is 1. The first-order chi connectivity index (χ1) is 12.0. The van der Waals surface area contributed by atoms with Crippen LogP contribution in [0.2, 0.25) is 0 Å². The summed E-state index contributed by atoms with van der Waals surface area (Å²) in [6.45, 7) is 0.306. The predicted molar refractivity (Wildman–Crippen MR) is 83.5 cm³/mol. The zero-order valence-corrected chi connectivity index (χ0v) is 13.7. The summed E-state index contributed by atoms with van der Waals surface area (Å²) in [6.07, 6.45) is 2.38. The number of carbonyl (C=O) groups excluding carboxylic acids is 1. The topological polar surface area (TPSA) is 51.0 Å². The average Bonchev–Trinajstić information content (AvgIpc) is 2.99. The van der Waals surface area contributed by atoms with Crippen molar-refractivity contribution < 1.29 is 18.0 Å². The molecular formula is C17H17F3N4O. The monoisotopic (exact) mass is 350 g/mol. The normalized spacial score (nSPS) is 19.5. The number of carbonyl (C=O) groups is 1. The van der Waals surface area contributed by atoms with Crippen molar-refractivity contribution >= 4 is 11.6 Å². The van der Waals surface area contributed by atoms with Gasteiger partial charge in [-0.15, -0.1) is 5.10 Å². The maximum absolute atomic E-state index is 14.3. The molecule has 0 fully saturated rings. The summed E-state index contributed by atoms with van der Waals surface area (Å²) in [5.41, 5.74) is 1.62. The molecule has 8 heteroatoms. The van der Waals surface area contributed by atoms with E-state index >= 15 is 0 Å². The van der Waals surface area contributed by atoms with Crippen molar-refractivity contribution in [3.63, 3.8) is 0 Å². The average molecular weight is 350 g/mol. The highest BCUT2D eigenvalue weighted by atomic mass is 19.2. The van der Waals surface area contributed by atoms with Gasteiger partial charge < -0.3 is 4.90 Å². The van der Waals surface area contributed by atoms with Crippen LogP contribution in [0, 0.1) is 23.4 Å². The maximum atomic E-state index is 14.3. The molecule has 1 aromatic heterocycles. The molecule has 2 heterocycles. The largest absolute Gasteiger partial charge is 0.309 e. The van der Waals surface area contributed by atoms with E-state index in [0.29, 0.717) is 38.3 Å². The lowest BCUT2D eigenvalue weighted by Gasteiger charge is -2.33. The molecular weight excluding hydrogens is 333 g/mol. The van der Waals surface area contributed by atoms with Crippen LogP contribution in [0.5, 0.6) is 0 Å². The molecule has 1 aliphatic carbocycles. The van der Waals surface area contributed by atoms with Gasteiger partial charge in [0, 0.05) is 37.6 Å². The Labute approximate surface area is 142 Å². The predicted octanol–water partition coefficient (Wildman–Crippen LogP) is 2.32. The van der Waals surface area contributed by atoms with E-state index in [1.807, 2.05) is 0 Å². The minimum Gasteiger partial charge on any atom is -0.309 e. The first-order valence-electron chi connectivity index (χ1n) is 8.32. The second kappa shape index (κ2) is 5.86. The van der Waals surface area contributed by atoms with E-state index in [1.54, 1.807) is 11.7 Å². The highest BCUT2D eigenvalue weighted by Crippen LogP contribution is 2.36. The molecule has 0 saturated carbocycles. The second-order valence-corrected chi connectivity index (χ2v) is 6.62. The third-order valence-electron chi connectivity index (χ3n) is 5.13. The van der Waals surface area contributed by atoms with Crippen molar-refractivity contribution in [1.82, 2.24) is 15.0 Å². The fourth-order valence-electron chi connectivity index (χ4n) is 3.84. The van der Waals surface area contributed by atoms with Crippen molar-refractivity contribution in [2.75, 3.05) is 11.4 Å². The fourth-order valence-corrected chi connectivity index (χ4v) is 3.84. The Hall–Kier alpha value is -2.38. The van der Waals surface area contributed by atoms with Gasteiger partial charge in [-0.05, 0) is 25.7 Å². The van der Waals surface area contributed by atoms with Gasteiger partial charge in [0.1, 0.15) is 5.82 Å². The third-order valence-corrected chi connectivity index (χ3v) is 5.13. The zero-order chi connectivity index (χ0) is 17.7. The van der Waals surface area contributed by atoms with Gasteiger partial charge in [0.25, 0.3) is 0 Å². The number of fused-ring (bicyclic) bond motifs is 2. The van der Waals surface area contributed by atoms with Gasteiger partial charge in [-0.1, -0.05) is 5.21 Å². The lowest BCUT2D eigenvalue weighted by molar-refractivity contribution is -0.122. The van der Waals surface area contributed by atoms with Gasteiger partial charge in [-0.2, -0.15) is 0 Å². The molecule has 25 heavy (non-hydrogen) atoms. The van der Waals surface area contributed by atoms with Crippen molar-refractivity contribution in [1.29, 1.82) is 0 Å². The zero-order valence-electron chi connectivity index (χ0n) is 13.7. The van der Waals surface area contributed by atoms with Crippen LogP contribution in [-0.4, -0.2) is 27.4 Å². The minimum absolute atomic E-state index is 0.0456. The molecule has 1 aliphatic heterocycles. The standard InChI is InChI=1S/C17H17F3N4O/c1-23-14-7-9(4-5-13(14)21-22-23)17(25)24-6-2-3-10-15(20)11(18)8-12(19)16(10)24/h8-9H,2-7H2,1H3/t9-/m0/s1. The number of anilines is 1. The number of nitrogens with zero attached hydrogens (tertiary/aromatic N) is 4. The van der Waals surface area contributed by atoms with Gasteiger partial charge in [-0.3, -0.25) is 9.48 Å². The molecule has 1 aromatic carbocycles. The molecule has 0 spiro atoms. The Bertz CT molecular complexity index is 864. The first kappa shape index (κ1) is 16.1. The SMILES string of the molecule is Cn1nnc2c1C[C@@H](C(=O)N1CCCc3c(F)c(F)cc(F)c31)CC2. The van der Waals surface area contributed by atoms with Crippen molar-refractivity contribution in [2.24, 2.45) is 13.0 Å². The Balaban J connectivity index is 1.67. The number of benzene rings is 1. The molecule has 4 rings (SSSR count). The Morgan fingerprint density at radius 1 is 1.24 bits per heavy atom. The molecule has 1 amide bonds. The molecule has 5 nitrogen and oxygen atoms in total. The third kappa shape index (κ3) is 2.51. The van der Waals surface area contributed by atoms with Gasteiger partial charge in [-0.25, -0.2) is 13.2 Å². The molecule has 0 N–H and O–H groups in total. The lowest BCUT2D eigenvalue weighted by atomic mass is 9.87. The van der Waals surface area contributed by atoms with E-state index in [4.69, 9.17) is 0 Å². The molecule has 0 bridgehead atoms. The quantitative estimate of drug-likeness (QED) is 0.742. The van der Waals surface area contributed by atoms with E-state index in [0.717, 1.165) is 11.4 Å². The Morgan fingerprint density at radius 3 is 2.84 bits per heavy atom. The van der Waals surface area contributed by atoms with Crippen molar-refractivity contribution in [3.05, 3.63) is 40.5 Å². The minimum atomic E-state index is -1.21. The number of aryl methyl sites for hydroxylation is 2. The van der Waals surface area contributed by atoms with Crippen LogP contribution >= 0.6 is 0 Å². The van der Waals surface area contributed by atoms with Crippen molar-refractivity contribution in [3.8, 4) is 0 Å². The van der Waals surface area contributed by atoms with Gasteiger partial charge in [0.05, 0.1) is 17.1 Å². The second-order valence-electron chi connectivity index (χ2n) is 6.62. The summed E-state index contributed by atoms with van der Waals surface area (Å²) >= 11 is 0. The van der Waals surface area contributed by atoms with E-state index in [9.17, 15) is 18.0 Å². The van der Waals surface area contributed by atoms with Crippen LogP contribution in [0.3, 0.4) is 0 Å². The molecule has 2 aliphatic rings. The van der Waals surface area contributed by atoms with Gasteiger partial charge in [0.15, 0.2) is 11.6 Å². The van der Waals surface area contributed by atoms with Crippen LogP contribution in [0.4, 0.5) is 18.9 Å².